The molecule has 0 unspecified atom stereocenters. The van der Waals surface area contributed by atoms with Gasteiger partial charge in [-0.05, 0) is 47.7 Å². The highest BCUT2D eigenvalue weighted by Crippen LogP contribution is 2.38. The molecule has 2 aliphatic heterocycles. The van der Waals surface area contributed by atoms with Crippen molar-refractivity contribution in [2.24, 2.45) is 0 Å². The first-order valence-corrected chi connectivity index (χ1v) is 18.5. The van der Waals surface area contributed by atoms with Gasteiger partial charge in [0.2, 0.25) is 15.9 Å². The second-order valence-corrected chi connectivity index (χ2v) is 14.6. The van der Waals surface area contributed by atoms with Crippen molar-refractivity contribution >= 4 is 15.9 Å². The molecule has 4 atom stereocenters. The van der Waals surface area contributed by atoms with Crippen LogP contribution in [0.25, 0.3) is 0 Å². The molecule has 0 saturated carbocycles. The molecule has 4 aromatic carbocycles. The second kappa shape index (κ2) is 16.8. The van der Waals surface area contributed by atoms with Crippen LogP contribution in [0, 0.1) is 6.92 Å². The van der Waals surface area contributed by atoms with Crippen LogP contribution < -0.4 is 10.0 Å². The van der Waals surface area contributed by atoms with E-state index in [1.165, 1.54) is 12.1 Å². The van der Waals surface area contributed by atoms with Gasteiger partial charge < -0.3 is 24.6 Å². The summed E-state index contributed by atoms with van der Waals surface area (Å²) in [5.41, 5.74) is 5.36. The monoisotopic (exact) mass is 699 g/mol. The van der Waals surface area contributed by atoms with Crippen LogP contribution in [0.1, 0.15) is 52.2 Å². The van der Waals surface area contributed by atoms with Gasteiger partial charge in [-0.15, -0.1) is 0 Å². The summed E-state index contributed by atoms with van der Waals surface area (Å²) in [5, 5.41) is 12.4. The van der Waals surface area contributed by atoms with Crippen LogP contribution in [0.5, 0.6) is 0 Å². The molecule has 0 aromatic heterocycles. The van der Waals surface area contributed by atoms with Crippen molar-refractivity contribution in [3.8, 4) is 0 Å². The number of benzene rings is 4. The van der Waals surface area contributed by atoms with Crippen LogP contribution in [0.2, 0.25) is 0 Å². The lowest BCUT2D eigenvalue weighted by atomic mass is 9.99. The predicted octanol–water partition coefficient (Wildman–Crippen LogP) is 4.57. The number of sulfonamides is 1. The number of carbonyl (C=O) groups is 1. The number of nitrogens with zero attached hydrogens (tertiary/aromatic N) is 1. The van der Waals surface area contributed by atoms with Crippen LogP contribution >= 0.6 is 0 Å². The van der Waals surface area contributed by atoms with Gasteiger partial charge in [0.1, 0.15) is 6.04 Å². The molecule has 1 amide bonds. The molecule has 0 aliphatic carbocycles. The summed E-state index contributed by atoms with van der Waals surface area (Å²) in [6.45, 7) is 6.00. The van der Waals surface area contributed by atoms with E-state index in [1.54, 1.807) is 12.1 Å². The van der Waals surface area contributed by atoms with Gasteiger partial charge in [0.05, 0.1) is 36.9 Å². The minimum Gasteiger partial charge on any atom is -0.392 e. The summed E-state index contributed by atoms with van der Waals surface area (Å²) in [7, 11) is -3.94. The molecule has 10 nitrogen and oxygen atoms in total. The number of amides is 1. The molecule has 6 rings (SSSR count). The van der Waals surface area contributed by atoms with Crippen molar-refractivity contribution < 1.29 is 32.5 Å². The minimum absolute atomic E-state index is 0.0132. The Labute approximate surface area is 294 Å². The van der Waals surface area contributed by atoms with Gasteiger partial charge in [-0.3, -0.25) is 9.69 Å². The van der Waals surface area contributed by atoms with Crippen LogP contribution in [0.3, 0.4) is 0 Å². The Hall–Kier alpha value is -3.94. The maximum absolute atomic E-state index is 13.5. The molecule has 2 heterocycles. The van der Waals surface area contributed by atoms with Gasteiger partial charge in [0.25, 0.3) is 0 Å². The first-order valence-electron chi connectivity index (χ1n) is 17.1. The Bertz CT molecular complexity index is 1780. The Morgan fingerprint density at radius 3 is 2.18 bits per heavy atom. The highest BCUT2D eigenvalue weighted by Gasteiger charge is 2.33. The van der Waals surface area contributed by atoms with Crippen LogP contribution in [0.15, 0.2) is 108 Å². The Morgan fingerprint density at radius 2 is 1.50 bits per heavy atom. The van der Waals surface area contributed by atoms with Gasteiger partial charge in [0.15, 0.2) is 6.29 Å². The summed E-state index contributed by atoms with van der Waals surface area (Å²) in [6, 6.07) is 30.4. The Balaban J connectivity index is 1.13. The van der Waals surface area contributed by atoms with Crippen molar-refractivity contribution in [1.82, 2.24) is 14.9 Å². The number of aliphatic hydroxyl groups is 1. The fourth-order valence-corrected chi connectivity index (χ4v) is 7.42. The summed E-state index contributed by atoms with van der Waals surface area (Å²) >= 11 is 0. The highest BCUT2D eigenvalue weighted by atomic mass is 32.2. The molecule has 2 aliphatic rings. The molecule has 50 heavy (non-hydrogen) atoms. The summed E-state index contributed by atoms with van der Waals surface area (Å²) in [5.74, 6) is -0.423. The fourth-order valence-electron chi connectivity index (χ4n) is 6.22. The van der Waals surface area contributed by atoms with Crippen LogP contribution in [-0.4, -0.2) is 69.3 Å². The van der Waals surface area contributed by atoms with Crippen molar-refractivity contribution in [2.45, 2.75) is 62.4 Å². The number of hydrogen-bond donors (Lipinski definition) is 3. The molecule has 0 spiro atoms. The van der Waals surface area contributed by atoms with E-state index >= 15 is 0 Å². The molecule has 3 N–H and O–H groups in total. The first-order chi connectivity index (χ1) is 24.3. The third-order valence-electron chi connectivity index (χ3n) is 9.13. The number of aliphatic hydroxyl groups excluding tert-OH is 1. The number of rotatable bonds is 13. The van der Waals surface area contributed by atoms with E-state index < -0.39 is 28.3 Å². The van der Waals surface area contributed by atoms with Crippen molar-refractivity contribution in [3.05, 3.63) is 137 Å². The molecule has 11 heteroatoms. The van der Waals surface area contributed by atoms with Crippen LogP contribution in [-0.2, 0) is 48.6 Å². The first kappa shape index (κ1) is 35.9. The zero-order valence-corrected chi connectivity index (χ0v) is 29.1. The number of aryl methyl sites for hydroxylation is 1. The van der Waals surface area contributed by atoms with Gasteiger partial charge in [-0.25, -0.2) is 8.42 Å². The lowest BCUT2D eigenvalue weighted by Gasteiger charge is -2.39. The van der Waals surface area contributed by atoms with E-state index in [0.717, 1.165) is 53.0 Å². The smallest absolute Gasteiger partial charge is 0.241 e. The third-order valence-corrected chi connectivity index (χ3v) is 10.6. The summed E-state index contributed by atoms with van der Waals surface area (Å²) < 4.78 is 47.7. The highest BCUT2D eigenvalue weighted by molar-refractivity contribution is 7.89. The molecule has 2 fully saturated rings. The average molecular weight is 700 g/mol. The topological polar surface area (TPSA) is 126 Å². The number of morpholine rings is 1. The molecule has 2 saturated heterocycles. The molecule has 264 valence electrons. The standard InChI is InChI=1S/C39H45N3O7S/c1-28-7-17-35(18-8-28)50(45,46)41-36(23-29-5-3-2-4-6-29)38(44)40-25-30-9-15-33(16-10-30)39-48-34(26-42-19-21-47-22-20-42)24-37(49-39)32-13-11-31(27-43)12-14-32/h2-18,34,36-37,39,41,43H,19-27H2,1H3,(H,40,44)/t34-,36-,37+,39+/m1/s1. The maximum Gasteiger partial charge on any atom is 0.241 e. The number of ether oxygens (including phenoxy) is 3. The van der Waals surface area contributed by atoms with Gasteiger partial charge >= 0.3 is 0 Å². The maximum atomic E-state index is 13.5. The van der Waals surface area contributed by atoms with E-state index in [0.29, 0.717) is 19.6 Å². The summed E-state index contributed by atoms with van der Waals surface area (Å²) in [6.07, 6.45) is 0.0688. The molecule has 0 radical (unpaired) electrons. The lowest BCUT2D eigenvalue weighted by molar-refractivity contribution is -0.253. The fraction of sp³-hybridized carbons (Fsp3) is 0.359. The second-order valence-electron chi connectivity index (χ2n) is 12.9. The molecular formula is C39H45N3O7S. The predicted molar refractivity (Wildman–Crippen MR) is 189 cm³/mol. The van der Waals surface area contributed by atoms with E-state index in [2.05, 4.69) is 14.9 Å². The van der Waals surface area contributed by atoms with E-state index in [9.17, 15) is 18.3 Å². The van der Waals surface area contributed by atoms with Crippen molar-refractivity contribution in [1.29, 1.82) is 0 Å². The Morgan fingerprint density at radius 1 is 0.840 bits per heavy atom. The van der Waals surface area contributed by atoms with Gasteiger partial charge in [0, 0.05) is 38.2 Å². The average Bonchev–Trinajstić information content (AvgIpc) is 3.14. The largest absolute Gasteiger partial charge is 0.392 e. The third kappa shape index (κ3) is 9.64. The zero-order valence-electron chi connectivity index (χ0n) is 28.2. The molecular weight excluding hydrogens is 655 g/mol. The number of hydrogen-bond acceptors (Lipinski definition) is 8. The van der Waals surface area contributed by atoms with E-state index in [4.69, 9.17) is 14.2 Å². The van der Waals surface area contributed by atoms with E-state index in [1.807, 2.05) is 85.8 Å². The lowest BCUT2D eigenvalue weighted by Crippen LogP contribution is -2.47. The van der Waals surface area contributed by atoms with Crippen molar-refractivity contribution in [2.75, 3.05) is 32.8 Å². The minimum atomic E-state index is -3.94. The van der Waals surface area contributed by atoms with Crippen molar-refractivity contribution in [3.63, 3.8) is 0 Å². The SMILES string of the molecule is Cc1ccc(S(=O)(=O)N[C@H](Cc2ccccc2)C(=O)NCc2ccc([C@H]3O[C@@H](CN4CCOCC4)C[C@@H](c4ccc(CO)cc4)O3)cc2)cc1. The quantitative estimate of drug-likeness (QED) is 0.185. The van der Waals surface area contributed by atoms with Crippen LogP contribution in [0.4, 0.5) is 0 Å². The molecule has 4 aromatic rings. The summed E-state index contributed by atoms with van der Waals surface area (Å²) in [4.78, 5) is 16.0. The Kier molecular flexibility index (Phi) is 12.1. The zero-order chi connectivity index (χ0) is 34.9. The van der Waals surface area contributed by atoms with E-state index in [-0.39, 0.29) is 36.7 Å². The normalized spacial score (nSPS) is 20.6. The number of nitrogens with one attached hydrogen (secondary N) is 2. The van der Waals surface area contributed by atoms with Gasteiger partial charge in [-0.1, -0.05) is 96.6 Å². The molecule has 0 bridgehead atoms. The number of carbonyl (C=O) groups excluding carboxylic acids is 1. The van der Waals surface area contributed by atoms with Gasteiger partial charge in [-0.2, -0.15) is 4.72 Å².